The van der Waals surface area contributed by atoms with Crippen LogP contribution < -0.4 is 5.43 Å². The molecule has 0 aliphatic rings. The third-order valence-electron chi connectivity index (χ3n) is 2.27. The minimum Gasteiger partial charge on any atom is -0.465 e. The molecule has 0 aliphatic carbocycles. The van der Waals surface area contributed by atoms with Gasteiger partial charge in [-0.15, -0.1) is 0 Å². The van der Waals surface area contributed by atoms with Crippen molar-refractivity contribution in [3.05, 3.63) is 59.8 Å². The van der Waals surface area contributed by atoms with Gasteiger partial charge in [-0.1, -0.05) is 0 Å². The van der Waals surface area contributed by atoms with E-state index in [1.54, 1.807) is 36.9 Å². The number of carbonyl (C=O) groups excluding carboxylic acids is 1. The van der Waals surface area contributed by atoms with Crippen molar-refractivity contribution in [2.24, 2.45) is 5.10 Å². The summed E-state index contributed by atoms with van der Waals surface area (Å²) in [6, 6.07) is 7.01. The van der Waals surface area contributed by atoms with E-state index in [1.165, 1.54) is 6.20 Å². The fourth-order valence-electron chi connectivity index (χ4n) is 1.39. The maximum absolute atomic E-state index is 11.6. The first-order valence-corrected chi connectivity index (χ1v) is 5.71. The van der Waals surface area contributed by atoms with E-state index in [0.717, 1.165) is 11.3 Å². The molecule has 0 bridgehead atoms. The quantitative estimate of drug-likeness (QED) is 0.674. The third-order valence-corrected chi connectivity index (χ3v) is 2.27. The van der Waals surface area contributed by atoms with Crippen molar-refractivity contribution in [3.63, 3.8) is 0 Å². The van der Waals surface area contributed by atoms with Gasteiger partial charge < -0.3 is 4.42 Å². The molecule has 5 nitrogen and oxygen atoms in total. The van der Waals surface area contributed by atoms with Gasteiger partial charge >= 0.3 is 0 Å². The van der Waals surface area contributed by atoms with Gasteiger partial charge in [0.25, 0.3) is 5.91 Å². The third kappa shape index (κ3) is 3.92. The van der Waals surface area contributed by atoms with Crippen LogP contribution in [0.2, 0.25) is 0 Å². The topological polar surface area (TPSA) is 67.5 Å². The van der Waals surface area contributed by atoms with E-state index in [1.807, 2.05) is 19.1 Å². The Bertz CT molecular complexity index is 586. The molecule has 0 unspecified atom stereocenters. The van der Waals surface area contributed by atoms with E-state index < -0.39 is 0 Å². The molecular formula is C14H13N3O2. The van der Waals surface area contributed by atoms with Crippen LogP contribution in [0.3, 0.4) is 0 Å². The molecule has 1 N–H and O–H groups in total. The van der Waals surface area contributed by atoms with Crippen LogP contribution in [0.4, 0.5) is 0 Å². The number of nitrogens with one attached hydrogen (secondary N) is 1. The molecule has 19 heavy (non-hydrogen) atoms. The number of furan rings is 1. The van der Waals surface area contributed by atoms with E-state index >= 15 is 0 Å². The zero-order chi connectivity index (χ0) is 13.5. The van der Waals surface area contributed by atoms with Gasteiger partial charge in [-0.05, 0) is 42.8 Å². The molecule has 0 aliphatic heterocycles. The second-order valence-corrected chi connectivity index (χ2v) is 3.84. The summed E-state index contributed by atoms with van der Waals surface area (Å²) in [6.07, 6.45) is 8.06. The molecule has 2 heterocycles. The van der Waals surface area contributed by atoms with Crippen LogP contribution in [0, 0.1) is 0 Å². The lowest BCUT2D eigenvalue weighted by Gasteiger charge is -1.98. The lowest BCUT2D eigenvalue weighted by atomic mass is 10.3. The highest BCUT2D eigenvalue weighted by Crippen LogP contribution is 2.05. The molecule has 96 valence electrons. The van der Waals surface area contributed by atoms with Gasteiger partial charge in [0.1, 0.15) is 5.76 Å². The summed E-state index contributed by atoms with van der Waals surface area (Å²) >= 11 is 0. The maximum Gasteiger partial charge on any atom is 0.272 e. The van der Waals surface area contributed by atoms with Gasteiger partial charge in [0, 0.05) is 12.4 Å². The maximum atomic E-state index is 11.6. The standard InChI is InChI=1S/C14H13N3O2/c1-11(8-13-5-3-7-19-13)9-16-17-14(18)12-4-2-6-15-10-12/h2-10H,1H3,(H,17,18)/b11-8+,16-9-. The number of allylic oxidation sites excluding steroid dienone is 1. The molecule has 1 amide bonds. The molecule has 5 heteroatoms. The minimum atomic E-state index is -0.296. The van der Waals surface area contributed by atoms with Crippen LogP contribution in [0.25, 0.3) is 6.08 Å². The molecule has 0 atom stereocenters. The Kier molecular flexibility index (Phi) is 4.23. The van der Waals surface area contributed by atoms with E-state index in [4.69, 9.17) is 4.42 Å². The average Bonchev–Trinajstić information content (AvgIpc) is 2.92. The Morgan fingerprint density at radius 2 is 2.32 bits per heavy atom. The van der Waals surface area contributed by atoms with E-state index in [2.05, 4.69) is 15.5 Å². The lowest BCUT2D eigenvalue weighted by Crippen LogP contribution is -2.17. The van der Waals surface area contributed by atoms with Crippen LogP contribution >= 0.6 is 0 Å². The van der Waals surface area contributed by atoms with Crippen molar-refractivity contribution in [3.8, 4) is 0 Å². The van der Waals surface area contributed by atoms with Crippen LogP contribution in [0.15, 0.2) is 58.0 Å². The SMILES string of the molecule is CC(/C=N\NC(=O)c1cccnc1)=C\c1ccco1. The normalized spacial score (nSPS) is 11.7. The molecule has 2 aromatic heterocycles. The molecule has 0 saturated heterocycles. The molecule has 0 saturated carbocycles. The van der Waals surface area contributed by atoms with Crippen molar-refractivity contribution in [1.82, 2.24) is 10.4 Å². The molecule has 2 rings (SSSR count). The molecular weight excluding hydrogens is 242 g/mol. The summed E-state index contributed by atoms with van der Waals surface area (Å²) in [5.74, 6) is 0.442. The second kappa shape index (κ2) is 6.30. The lowest BCUT2D eigenvalue weighted by molar-refractivity contribution is 0.0955. The van der Waals surface area contributed by atoms with Crippen LogP contribution in [0.5, 0.6) is 0 Å². The molecule has 0 spiro atoms. The highest BCUT2D eigenvalue weighted by Gasteiger charge is 2.02. The van der Waals surface area contributed by atoms with Gasteiger partial charge in [0.05, 0.1) is 18.0 Å². The average molecular weight is 255 g/mol. The predicted octanol–water partition coefficient (Wildman–Crippen LogP) is 2.49. The van der Waals surface area contributed by atoms with Crippen molar-refractivity contribution >= 4 is 18.2 Å². The number of hydrazone groups is 1. The fraction of sp³-hybridized carbons (Fsp3) is 0.0714. The number of hydrogen-bond acceptors (Lipinski definition) is 4. The van der Waals surface area contributed by atoms with E-state index in [-0.39, 0.29) is 5.91 Å². The summed E-state index contributed by atoms with van der Waals surface area (Å²) in [7, 11) is 0. The summed E-state index contributed by atoms with van der Waals surface area (Å²) in [5, 5.41) is 3.87. The predicted molar refractivity (Wildman–Crippen MR) is 72.6 cm³/mol. The molecule has 0 radical (unpaired) electrons. The zero-order valence-electron chi connectivity index (χ0n) is 10.4. The highest BCUT2D eigenvalue weighted by molar-refractivity contribution is 5.94. The number of carbonyl (C=O) groups is 1. The van der Waals surface area contributed by atoms with Gasteiger partial charge in [0.2, 0.25) is 0 Å². The van der Waals surface area contributed by atoms with Gasteiger partial charge in [-0.25, -0.2) is 5.43 Å². The van der Waals surface area contributed by atoms with Crippen molar-refractivity contribution in [1.29, 1.82) is 0 Å². The Labute approximate surface area is 110 Å². The summed E-state index contributed by atoms with van der Waals surface area (Å²) in [6.45, 7) is 1.86. The van der Waals surface area contributed by atoms with Crippen LogP contribution in [0.1, 0.15) is 23.0 Å². The van der Waals surface area contributed by atoms with Gasteiger partial charge in [-0.3, -0.25) is 9.78 Å². The number of pyridine rings is 1. The van der Waals surface area contributed by atoms with Gasteiger partial charge in [0.15, 0.2) is 0 Å². The first kappa shape index (κ1) is 12.8. The monoisotopic (exact) mass is 255 g/mol. The minimum absolute atomic E-state index is 0.296. The van der Waals surface area contributed by atoms with Crippen molar-refractivity contribution in [2.75, 3.05) is 0 Å². The van der Waals surface area contributed by atoms with Gasteiger partial charge in [-0.2, -0.15) is 5.10 Å². The zero-order valence-corrected chi connectivity index (χ0v) is 10.4. The highest BCUT2D eigenvalue weighted by atomic mass is 16.3. The first-order valence-electron chi connectivity index (χ1n) is 5.71. The molecule has 0 fully saturated rings. The number of aromatic nitrogens is 1. The van der Waals surface area contributed by atoms with E-state index in [0.29, 0.717) is 5.56 Å². The summed E-state index contributed by atoms with van der Waals surface area (Å²) in [5.41, 5.74) is 3.76. The Balaban J connectivity index is 1.92. The molecule has 0 aromatic carbocycles. The van der Waals surface area contributed by atoms with Crippen molar-refractivity contribution < 1.29 is 9.21 Å². The fourth-order valence-corrected chi connectivity index (χ4v) is 1.39. The van der Waals surface area contributed by atoms with Crippen LogP contribution in [-0.2, 0) is 0 Å². The smallest absolute Gasteiger partial charge is 0.272 e. The molecule has 2 aromatic rings. The Morgan fingerprint density at radius 3 is 3.00 bits per heavy atom. The van der Waals surface area contributed by atoms with Crippen LogP contribution in [-0.4, -0.2) is 17.1 Å². The Hall–Kier alpha value is -2.69. The van der Waals surface area contributed by atoms with E-state index in [9.17, 15) is 4.79 Å². The Morgan fingerprint density at radius 1 is 1.42 bits per heavy atom. The summed E-state index contributed by atoms with van der Waals surface area (Å²) < 4.78 is 5.17. The summed E-state index contributed by atoms with van der Waals surface area (Å²) in [4.78, 5) is 15.5. The first-order chi connectivity index (χ1) is 9.25. The van der Waals surface area contributed by atoms with Crippen molar-refractivity contribution in [2.45, 2.75) is 6.92 Å². The largest absolute Gasteiger partial charge is 0.465 e. The number of rotatable bonds is 4. The number of amides is 1. The number of hydrogen-bond donors (Lipinski definition) is 1. The second-order valence-electron chi connectivity index (χ2n) is 3.84. The number of nitrogens with zero attached hydrogens (tertiary/aromatic N) is 2.